The van der Waals surface area contributed by atoms with Crippen LogP contribution in [0, 0.1) is 5.92 Å². The Hall–Kier alpha value is -2.30. The Morgan fingerprint density at radius 3 is 2.40 bits per heavy atom. The van der Waals surface area contributed by atoms with E-state index in [2.05, 4.69) is 39.8 Å². The van der Waals surface area contributed by atoms with Gasteiger partial charge in [0.05, 0.1) is 24.4 Å². The van der Waals surface area contributed by atoms with Gasteiger partial charge >= 0.3 is 6.09 Å². The van der Waals surface area contributed by atoms with E-state index in [1.54, 1.807) is 32.5 Å². The number of carbonyl (C=O) groups is 3. The van der Waals surface area contributed by atoms with E-state index in [4.69, 9.17) is 4.74 Å². The summed E-state index contributed by atoms with van der Waals surface area (Å²) in [5.41, 5.74) is 0.591. The molecule has 1 saturated carbocycles. The second kappa shape index (κ2) is 15.4. The number of hydrogen-bond acceptors (Lipinski definition) is 7. The molecule has 3 N–H and O–H groups in total. The van der Waals surface area contributed by atoms with Gasteiger partial charge in [-0.25, -0.2) is 4.79 Å². The Morgan fingerprint density at radius 1 is 1.05 bits per heavy atom. The van der Waals surface area contributed by atoms with Crippen LogP contribution in [0.3, 0.4) is 0 Å². The van der Waals surface area contributed by atoms with Crippen molar-refractivity contribution in [2.24, 2.45) is 5.92 Å². The van der Waals surface area contributed by atoms with Crippen molar-refractivity contribution in [1.29, 1.82) is 0 Å². The zero-order valence-electron chi connectivity index (χ0n) is 25.6. The first kappa shape index (κ1) is 32.6. The third-order valence-electron chi connectivity index (χ3n) is 8.34. The second-order valence-corrected chi connectivity index (χ2v) is 14.4. The van der Waals surface area contributed by atoms with Crippen molar-refractivity contribution in [2.45, 2.75) is 114 Å². The normalized spacial score (nSPS) is 23.4. The molecule has 3 amide bonds. The van der Waals surface area contributed by atoms with Crippen molar-refractivity contribution < 1.29 is 24.2 Å². The Kier molecular flexibility index (Phi) is 12.0. The Balaban J connectivity index is 1.31. The molecule has 42 heavy (non-hydrogen) atoms. The molecule has 2 saturated heterocycles. The van der Waals surface area contributed by atoms with E-state index in [1.165, 1.54) is 42.6 Å². The average Bonchev–Trinajstić information content (AvgIpc) is 3.35. The molecule has 1 aromatic carbocycles. The lowest BCUT2D eigenvalue weighted by Crippen LogP contribution is -2.50. The third-order valence-corrected chi connectivity index (χ3v) is 9.69. The van der Waals surface area contributed by atoms with E-state index < -0.39 is 29.2 Å². The van der Waals surface area contributed by atoms with Crippen LogP contribution in [0.5, 0.6) is 0 Å². The first-order valence-electron chi connectivity index (χ1n) is 15.7. The maximum Gasteiger partial charge on any atom is 0.411 e. The molecule has 2 aliphatic heterocycles. The summed E-state index contributed by atoms with van der Waals surface area (Å²) in [4.78, 5) is 43.2. The number of piperidine rings is 1. The number of nitrogens with one attached hydrogen (secondary N) is 2. The van der Waals surface area contributed by atoms with Crippen LogP contribution in [0.15, 0.2) is 30.3 Å². The highest BCUT2D eigenvalue weighted by Crippen LogP contribution is 2.29. The summed E-state index contributed by atoms with van der Waals surface area (Å²) in [7, 11) is 0. The predicted molar refractivity (Wildman–Crippen MR) is 166 cm³/mol. The van der Waals surface area contributed by atoms with Crippen LogP contribution in [0.1, 0.15) is 84.1 Å². The summed E-state index contributed by atoms with van der Waals surface area (Å²) in [6, 6.07) is 9.74. The molecule has 1 aromatic rings. The standard InChI is InChI=1S/C32H50N4O5S/c1-32(2,3)41-31(40)36-21-26(37)18-27(36)30(39)34-29(42-22-24-12-8-5-9-13-24)19-28(38)33-25-14-16-35(17-15-25)20-23-10-6-4-7-11-23/h4,6-7,10-11,24-27,29,37H,5,8-9,12-22H2,1-3H3,(H,33,38)(H,34,39)/t26-,27+,29?/m1/s1. The minimum Gasteiger partial charge on any atom is -0.444 e. The van der Waals surface area contributed by atoms with Gasteiger partial charge in [-0.1, -0.05) is 49.6 Å². The summed E-state index contributed by atoms with van der Waals surface area (Å²) in [5, 5.41) is 16.2. The Morgan fingerprint density at radius 2 is 1.74 bits per heavy atom. The molecular formula is C32H50N4O5S. The van der Waals surface area contributed by atoms with E-state index >= 15 is 0 Å². The van der Waals surface area contributed by atoms with Gasteiger partial charge in [0.15, 0.2) is 0 Å². The molecule has 0 bridgehead atoms. The highest BCUT2D eigenvalue weighted by Gasteiger charge is 2.41. The molecule has 0 radical (unpaired) electrons. The largest absolute Gasteiger partial charge is 0.444 e. The molecule has 0 aromatic heterocycles. The van der Waals surface area contributed by atoms with Crippen molar-refractivity contribution >= 4 is 29.7 Å². The zero-order valence-corrected chi connectivity index (χ0v) is 26.4. The molecule has 4 rings (SSSR count). The van der Waals surface area contributed by atoms with Crippen molar-refractivity contribution in [1.82, 2.24) is 20.4 Å². The summed E-state index contributed by atoms with van der Waals surface area (Å²) >= 11 is 1.63. The Labute approximate surface area is 255 Å². The number of aliphatic hydroxyl groups excluding tert-OH is 1. The maximum absolute atomic E-state index is 13.5. The van der Waals surface area contributed by atoms with Gasteiger partial charge in [0, 0.05) is 32.1 Å². The van der Waals surface area contributed by atoms with E-state index in [-0.39, 0.29) is 37.2 Å². The lowest BCUT2D eigenvalue weighted by atomic mass is 9.91. The lowest BCUT2D eigenvalue weighted by Gasteiger charge is -2.33. The molecule has 1 unspecified atom stereocenters. The number of rotatable bonds is 10. The van der Waals surface area contributed by atoms with Gasteiger partial charge in [0.1, 0.15) is 11.6 Å². The number of thioether (sulfide) groups is 1. The van der Waals surface area contributed by atoms with Crippen molar-refractivity contribution in [3.63, 3.8) is 0 Å². The van der Waals surface area contributed by atoms with E-state index in [0.29, 0.717) is 5.92 Å². The van der Waals surface area contributed by atoms with Gasteiger partial charge in [0.2, 0.25) is 11.8 Å². The average molecular weight is 603 g/mol. The zero-order chi connectivity index (χ0) is 30.1. The number of benzene rings is 1. The summed E-state index contributed by atoms with van der Waals surface area (Å²) in [5.74, 6) is 1.07. The smallest absolute Gasteiger partial charge is 0.411 e. The summed E-state index contributed by atoms with van der Waals surface area (Å²) in [6.45, 7) is 8.16. The molecular weight excluding hydrogens is 552 g/mol. The van der Waals surface area contributed by atoms with Crippen molar-refractivity contribution in [3.8, 4) is 0 Å². The first-order chi connectivity index (χ1) is 20.1. The number of nitrogens with zero attached hydrogens (tertiary/aromatic N) is 2. The topological polar surface area (TPSA) is 111 Å². The number of carbonyl (C=O) groups excluding carboxylic acids is 3. The van der Waals surface area contributed by atoms with Gasteiger partial charge in [-0.3, -0.25) is 19.4 Å². The number of ether oxygens (including phenoxy) is 1. The summed E-state index contributed by atoms with van der Waals surface area (Å²) in [6.07, 6.45) is 6.83. The minimum absolute atomic E-state index is 0.0519. The van der Waals surface area contributed by atoms with Gasteiger partial charge in [-0.2, -0.15) is 0 Å². The number of amides is 3. The fraction of sp³-hybridized carbons (Fsp3) is 0.719. The van der Waals surface area contributed by atoms with Crippen LogP contribution in [0.2, 0.25) is 0 Å². The number of hydrogen-bond donors (Lipinski definition) is 3. The van der Waals surface area contributed by atoms with Crippen LogP contribution in [-0.2, 0) is 20.9 Å². The molecule has 0 spiro atoms. The van der Waals surface area contributed by atoms with E-state index in [1.807, 2.05) is 6.07 Å². The Bertz CT molecular complexity index is 1020. The quantitative estimate of drug-likeness (QED) is 0.343. The van der Waals surface area contributed by atoms with Gasteiger partial charge in [0.25, 0.3) is 0 Å². The van der Waals surface area contributed by atoms with Gasteiger partial charge in [-0.05, 0) is 63.7 Å². The molecule has 9 nitrogen and oxygen atoms in total. The number of likely N-dealkylation sites (tertiary alicyclic amines) is 2. The first-order valence-corrected chi connectivity index (χ1v) is 16.8. The van der Waals surface area contributed by atoms with Crippen LogP contribution in [-0.4, -0.2) is 87.4 Å². The molecule has 3 fully saturated rings. The molecule has 234 valence electrons. The molecule has 1 aliphatic carbocycles. The van der Waals surface area contributed by atoms with E-state index in [9.17, 15) is 19.5 Å². The fourth-order valence-electron chi connectivity index (χ4n) is 6.13. The predicted octanol–water partition coefficient (Wildman–Crippen LogP) is 4.28. The molecule has 3 atom stereocenters. The van der Waals surface area contributed by atoms with Crippen LogP contribution in [0.4, 0.5) is 4.79 Å². The fourth-order valence-corrected chi connectivity index (χ4v) is 7.44. The SMILES string of the molecule is CC(C)(C)OC(=O)N1C[C@H](O)C[C@H]1C(=O)NC(CC(=O)NC1CCN(Cc2ccccc2)CC1)SCC1CCCCC1. The second-order valence-electron chi connectivity index (χ2n) is 13.2. The number of β-amino-alcohol motifs (C(OH)–C–C–N with tert-alkyl or cyclic N) is 1. The van der Waals surface area contributed by atoms with E-state index in [0.717, 1.165) is 38.2 Å². The molecule has 3 aliphatic rings. The van der Waals surface area contributed by atoms with Crippen LogP contribution in [0.25, 0.3) is 0 Å². The van der Waals surface area contributed by atoms with Crippen LogP contribution < -0.4 is 10.6 Å². The lowest BCUT2D eigenvalue weighted by molar-refractivity contribution is -0.126. The monoisotopic (exact) mass is 602 g/mol. The van der Waals surface area contributed by atoms with Crippen molar-refractivity contribution in [3.05, 3.63) is 35.9 Å². The third kappa shape index (κ3) is 10.5. The molecule has 10 heteroatoms. The van der Waals surface area contributed by atoms with Gasteiger partial charge in [-0.15, -0.1) is 11.8 Å². The highest BCUT2D eigenvalue weighted by molar-refractivity contribution is 7.99. The van der Waals surface area contributed by atoms with Gasteiger partial charge < -0.3 is 20.5 Å². The minimum atomic E-state index is -0.829. The maximum atomic E-state index is 13.5. The summed E-state index contributed by atoms with van der Waals surface area (Å²) < 4.78 is 5.50. The van der Waals surface area contributed by atoms with Crippen molar-refractivity contribution in [2.75, 3.05) is 25.4 Å². The highest BCUT2D eigenvalue weighted by atomic mass is 32.2. The van der Waals surface area contributed by atoms with Crippen LogP contribution >= 0.6 is 11.8 Å². The molecule has 2 heterocycles. The number of aliphatic hydroxyl groups is 1.